The Morgan fingerprint density at radius 1 is 1.20 bits per heavy atom. The summed E-state index contributed by atoms with van der Waals surface area (Å²) < 4.78 is 10.8. The molecule has 1 N–H and O–H groups in total. The maximum Gasteiger partial charge on any atom is 0.230 e. The van der Waals surface area contributed by atoms with Crippen LogP contribution in [-0.4, -0.2) is 23.0 Å². The van der Waals surface area contributed by atoms with Crippen LogP contribution in [-0.2, 0) is 11.2 Å². The van der Waals surface area contributed by atoms with Gasteiger partial charge in [0.15, 0.2) is 0 Å². The van der Waals surface area contributed by atoms with Crippen molar-refractivity contribution in [3.63, 3.8) is 0 Å². The summed E-state index contributed by atoms with van der Waals surface area (Å²) in [5.74, 6) is 1.73. The van der Waals surface area contributed by atoms with Crippen molar-refractivity contribution in [3.8, 4) is 17.2 Å². The van der Waals surface area contributed by atoms with Crippen molar-refractivity contribution < 1.29 is 13.9 Å². The molecule has 6 heteroatoms. The number of oxazole rings is 1. The van der Waals surface area contributed by atoms with Crippen molar-refractivity contribution in [3.05, 3.63) is 59.7 Å². The molecule has 0 radical (unpaired) electrons. The Balaban J connectivity index is 1.72. The molecule has 1 amide bonds. The SMILES string of the molecule is COc1ccc(-c2nc(CC(=O)Nc3ccnc(C)c3)c(C)o2)cc1. The summed E-state index contributed by atoms with van der Waals surface area (Å²) in [6.45, 7) is 3.68. The van der Waals surface area contributed by atoms with Gasteiger partial charge in [-0.25, -0.2) is 4.98 Å². The lowest BCUT2D eigenvalue weighted by Gasteiger charge is -2.04. The van der Waals surface area contributed by atoms with Crippen LogP contribution >= 0.6 is 0 Å². The van der Waals surface area contributed by atoms with E-state index in [0.717, 1.165) is 17.0 Å². The number of nitrogens with zero attached hydrogens (tertiary/aromatic N) is 2. The maximum absolute atomic E-state index is 12.2. The van der Waals surface area contributed by atoms with E-state index in [2.05, 4.69) is 15.3 Å². The number of nitrogens with one attached hydrogen (secondary N) is 1. The number of carbonyl (C=O) groups is 1. The number of aromatic nitrogens is 2. The number of hydrogen-bond donors (Lipinski definition) is 1. The van der Waals surface area contributed by atoms with Crippen LogP contribution < -0.4 is 10.1 Å². The van der Waals surface area contributed by atoms with Crippen LogP contribution in [0.3, 0.4) is 0 Å². The van der Waals surface area contributed by atoms with Gasteiger partial charge in [0.1, 0.15) is 11.5 Å². The minimum absolute atomic E-state index is 0.146. The minimum atomic E-state index is -0.150. The second-order valence-electron chi connectivity index (χ2n) is 5.66. The molecule has 128 valence electrons. The van der Waals surface area contributed by atoms with Gasteiger partial charge in [0.2, 0.25) is 11.8 Å². The fourth-order valence-electron chi connectivity index (χ4n) is 2.43. The van der Waals surface area contributed by atoms with Crippen molar-refractivity contribution in [1.29, 1.82) is 0 Å². The Bertz CT molecular complexity index is 885. The van der Waals surface area contributed by atoms with Crippen LogP contribution in [0.2, 0.25) is 0 Å². The second-order valence-corrected chi connectivity index (χ2v) is 5.66. The van der Waals surface area contributed by atoms with Gasteiger partial charge in [-0.05, 0) is 50.2 Å². The first-order valence-corrected chi connectivity index (χ1v) is 7.88. The highest BCUT2D eigenvalue weighted by Gasteiger charge is 2.15. The minimum Gasteiger partial charge on any atom is -0.497 e. The van der Waals surface area contributed by atoms with Crippen LogP contribution in [0.15, 0.2) is 47.0 Å². The zero-order chi connectivity index (χ0) is 17.8. The highest BCUT2D eigenvalue weighted by atomic mass is 16.5. The van der Waals surface area contributed by atoms with Crippen LogP contribution in [0.5, 0.6) is 5.75 Å². The summed E-state index contributed by atoms with van der Waals surface area (Å²) in [5.41, 5.74) is 3.01. The van der Waals surface area contributed by atoms with Gasteiger partial charge in [0.25, 0.3) is 0 Å². The van der Waals surface area contributed by atoms with E-state index in [1.807, 2.05) is 37.3 Å². The van der Waals surface area contributed by atoms with Gasteiger partial charge >= 0.3 is 0 Å². The number of amides is 1. The van der Waals surface area contributed by atoms with Gasteiger partial charge in [0.05, 0.1) is 19.2 Å². The van der Waals surface area contributed by atoms with Gasteiger partial charge in [-0.3, -0.25) is 9.78 Å². The molecule has 0 saturated carbocycles. The van der Waals surface area contributed by atoms with Crippen LogP contribution in [0.25, 0.3) is 11.5 Å². The van der Waals surface area contributed by atoms with E-state index < -0.39 is 0 Å². The number of anilines is 1. The Hall–Kier alpha value is -3.15. The smallest absolute Gasteiger partial charge is 0.230 e. The van der Waals surface area contributed by atoms with E-state index in [4.69, 9.17) is 9.15 Å². The van der Waals surface area contributed by atoms with E-state index >= 15 is 0 Å². The molecule has 0 aliphatic rings. The third-order valence-corrected chi connectivity index (χ3v) is 3.74. The summed E-state index contributed by atoms with van der Waals surface area (Å²) in [5, 5.41) is 2.85. The molecule has 0 unspecified atom stereocenters. The Morgan fingerprint density at radius 3 is 2.64 bits per heavy atom. The molecular formula is C19H19N3O3. The fraction of sp³-hybridized carbons (Fsp3) is 0.211. The van der Waals surface area contributed by atoms with Crippen molar-refractivity contribution in [1.82, 2.24) is 9.97 Å². The van der Waals surface area contributed by atoms with Crippen molar-refractivity contribution in [2.45, 2.75) is 20.3 Å². The summed E-state index contributed by atoms with van der Waals surface area (Å²) in [4.78, 5) is 20.8. The first kappa shape index (κ1) is 16.7. The fourth-order valence-corrected chi connectivity index (χ4v) is 2.43. The molecule has 1 aromatic carbocycles. The number of pyridine rings is 1. The third kappa shape index (κ3) is 4.03. The number of carbonyl (C=O) groups excluding carboxylic acids is 1. The van der Waals surface area contributed by atoms with E-state index in [1.54, 1.807) is 26.3 Å². The molecule has 0 spiro atoms. The molecule has 2 heterocycles. The molecule has 0 aliphatic heterocycles. The average Bonchev–Trinajstić information content (AvgIpc) is 2.95. The molecule has 0 saturated heterocycles. The summed E-state index contributed by atoms with van der Waals surface area (Å²) in [6.07, 6.45) is 1.81. The summed E-state index contributed by atoms with van der Waals surface area (Å²) >= 11 is 0. The topological polar surface area (TPSA) is 77.2 Å². The lowest BCUT2D eigenvalue weighted by Crippen LogP contribution is -2.15. The zero-order valence-corrected chi connectivity index (χ0v) is 14.4. The number of ether oxygens (including phenoxy) is 1. The number of aryl methyl sites for hydroxylation is 2. The van der Waals surface area contributed by atoms with E-state index in [9.17, 15) is 4.79 Å². The Kier molecular flexibility index (Phi) is 4.79. The predicted octanol–water partition coefficient (Wildman–Crippen LogP) is 3.54. The molecular weight excluding hydrogens is 318 g/mol. The molecule has 3 rings (SSSR count). The lowest BCUT2D eigenvalue weighted by atomic mass is 10.2. The molecule has 0 aliphatic carbocycles. The van der Waals surface area contributed by atoms with E-state index in [-0.39, 0.29) is 12.3 Å². The standard InChI is InChI=1S/C19H19N3O3/c1-12-10-15(8-9-20-12)21-18(23)11-17-13(2)25-19(22-17)14-4-6-16(24-3)7-5-14/h4-10H,11H2,1-3H3,(H,20,21,23). The molecule has 3 aromatic rings. The van der Waals surface area contributed by atoms with Crippen molar-refractivity contribution >= 4 is 11.6 Å². The van der Waals surface area contributed by atoms with Crippen LogP contribution in [0, 0.1) is 13.8 Å². The predicted molar refractivity (Wildman–Crippen MR) is 94.5 cm³/mol. The van der Waals surface area contributed by atoms with Crippen molar-refractivity contribution in [2.24, 2.45) is 0 Å². The Labute approximate surface area is 145 Å². The highest BCUT2D eigenvalue weighted by molar-refractivity contribution is 5.92. The monoisotopic (exact) mass is 337 g/mol. The van der Waals surface area contributed by atoms with Gasteiger partial charge in [-0.1, -0.05) is 0 Å². The normalized spacial score (nSPS) is 10.5. The first-order chi connectivity index (χ1) is 12.0. The maximum atomic E-state index is 12.2. The first-order valence-electron chi connectivity index (χ1n) is 7.88. The zero-order valence-electron chi connectivity index (χ0n) is 14.4. The molecule has 0 atom stereocenters. The number of benzene rings is 1. The lowest BCUT2D eigenvalue weighted by molar-refractivity contribution is -0.115. The largest absolute Gasteiger partial charge is 0.497 e. The quantitative estimate of drug-likeness (QED) is 0.770. The van der Waals surface area contributed by atoms with E-state index in [1.165, 1.54) is 0 Å². The Morgan fingerprint density at radius 2 is 1.96 bits per heavy atom. The molecule has 6 nitrogen and oxygen atoms in total. The highest BCUT2D eigenvalue weighted by Crippen LogP contribution is 2.24. The van der Waals surface area contributed by atoms with Gasteiger partial charge in [-0.2, -0.15) is 0 Å². The number of methoxy groups -OCH3 is 1. The third-order valence-electron chi connectivity index (χ3n) is 3.74. The van der Waals surface area contributed by atoms with Gasteiger partial charge < -0.3 is 14.5 Å². The second kappa shape index (κ2) is 7.17. The number of rotatable bonds is 5. The van der Waals surface area contributed by atoms with E-state index in [0.29, 0.717) is 23.0 Å². The van der Waals surface area contributed by atoms with Gasteiger partial charge in [0, 0.05) is 23.1 Å². The molecule has 2 aromatic heterocycles. The molecule has 0 bridgehead atoms. The summed E-state index contributed by atoms with van der Waals surface area (Å²) in [6, 6.07) is 11.0. The molecule has 0 fully saturated rings. The van der Waals surface area contributed by atoms with Crippen molar-refractivity contribution in [2.75, 3.05) is 12.4 Å². The van der Waals surface area contributed by atoms with Crippen LogP contribution in [0.4, 0.5) is 5.69 Å². The van der Waals surface area contributed by atoms with Crippen LogP contribution in [0.1, 0.15) is 17.1 Å². The average molecular weight is 337 g/mol. The van der Waals surface area contributed by atoms with Gasteiger partial charge in [-0.15, -0.1) is 0 Å². The molecule has 25 heavy (non-hydrogen) atoms. The summed E-state index contributed by atoms with van der Waals surface area (Å²) in [7, 11) is 1.62. The number of hydrogen-bond acceptors (Lipinski definition) is 5.